The van der Waals surface area contributed by atoms with Crippen LogP contribution in [0.2, 0.25) is 0 Å². The third kappa shape index (κ3) is 3.67. The highest BCUT2D eigenvalue weighted by molar-refractivity contribution is 6.12. The molecule has 0 bridgehead atoms. The molecule has 0 heterocycles. The molecule has 0 spiro atoms. The van der Waals surface area contributed by atoms with Crippen molar-refractivity contribution >= 4 is 5.78 Å². The van der Waals surface area contributed by atoms with Gasteiger partial charge >= 0.3 is 0 Å². The van der Waals surface area contributed by atoms with Crippen LogP contribution in [0.3, 0.4) is 0 Å². The Balaban J connectivity index is 1.91. The molecule has 2 aliphatic carbocycles. The van der Waals surface area contributed by atoms with Gasteiger partial charge < -0.3 is 5.11 Å². The number of hydrogen-bond acceptors (Lipinski definition) is 2. The zero-order valence-electron chi connectivity index (χ0n) is 20.5. The summed E-state index contributed by atoms with van der Waals surface area (Å²) in [5.41, 5.74) is 5.10. The molecular weight excluding hydrogens is 392 g/mol. The lowest BCUT2D eigenvalue weighted by atomic mass is 9.59. The molecule has 2 aromatic rings. The fourth-order valence-electron chi connectivity index (χ4n) is 5.75. The highest BCUT2D eigenvalue weighted by atomic mass is 16.3. The first-order valence-electron chi connectivity index (χ1n) is 12.2. The molecular formula is C30H38O2. The molecule has 0 amide bonds. The number of carbonyl (C=O) groups is 1. The van der Waals surface area contributed by atoms with E-state index in [1.54, 1.807) is 0 Å². The fraction of sp³-hybridized carbons (Fsp3) is 0.500. The Morgan fingerprint density at radius 2 is 1.47 bits per heavy atom. The zero-order valence-corrected chi connectivity index (χ0v) is 20.5. The summed E-state index contributed by atoms with van der Waals surface area (Å²) < 4.78 is 0. The third-order valence-corrected chi connectivity index (χ3v) is 8.72. The smallest absolute Gasteiger partial charge is 0.189 e. The average molecular weight is 431 g/mol. The molecule has 2 aliphatic rings. The topological polar surface area (TPSA) is 37.3 Å². The van der Waals surface area contributed by atoms with Gasteiger partial charge in [0.25, 0.3) is 0 Å². The van der Waals surface area contributed by atoms with Crippen molar-refractivity contribution in [3.05, 3.63) is 82.4 Å². The van der Waals surface area contributed by atoms with Gasteiger partial charge in [0, 0.05) is 17.1 Å². The van der Waals surface area contributed by atoms with Gasteiger partial charge in [0.2, 0.25) is 0 Å². The molecule has 0 saturated heterocycles. The van der Waals surface area contributed by atoms with Crippen LogP contribution in [0, 0.1) is 16.7 Å². The van der Waals surface area contributed by atoms with E-state index in [0.29, 0.717) is 0 Å². The number of ketones is 1. The van der Waals surface area contributed by atoms with E-state index in [9.17, 15) is 9.90 Å². The minimum absolute atomic E-state index is 0.0322. The number of aliphatic hydroxyl groups is 1. The Morgan fingerprint density at radius 1 is 0.875 bits per heavy atom. The summed E-state index contributed by atoms with van der Waals surface area (Å²) in [5.74, 6) is 0.724. The van der Waals surface area contributed by atoms with Gasteiger partial charge in [0.1, 0.15) is 0 Å². The first-order valence-corrected chi connectivity index (χ1v) is 12.2. The van der Waals surface area contributed by atoms with Crippen LogP contribution in [-0.2, 0) is 0 Å². The molecule has 4 atom stereocenters. The van der Waals surface area contributed by atoms with Gasteiger partial charge in [-0.05, 0) is 52.2 Å². The second-order valence-corrected chi connectivity index (χ2v) is 11.1. The van der Waals surface area contributed by atoms with Crippen molar-refractivity contribution < 1.29 is 9.90 Å². The quantitative estimate of drug-likeness (QED) is 0.530. The van der Waals surface area contributed by atoms with E-state index in [-0.39, 0.29) is 34.4 Å². The molecule has 170 valence electrons. The molecule has 2 heteroatoms. The van der Waals surface area contributed by atoms with Crippen LogP contribution in [0.25, 0.3) is 0 Å². The number of benzene rings is 2. The van der Waals surface area contributed by atoms with Crippen molar-refractivity contribution in [3.8, 4) is 0 Å². The van der Waals surface area contributed by atoms with Crippen molar-refractivity contribution in [3.63, 3.8) is 0 Å². The fourth-order valence-corrected chi connectivity index (χ4v) is 5.75. The van der Waals surface area contributed by atoms with Crippen LogP contribution in [0.4, 0.5) is 0 Å². The normalized spacial score (nSPS) is 25.7. The predicted octanol–water partition coefficient (Wildman–Crippen LogP) is 7.60. The Bertz CT molecular complexity index is 1040. The molecule has 1 N–H and O–H groups in total. The minimum atomic E-state index is -0.451. The maximum atomic E-state index is 13.5. The van der Waals surface area contributed by atoms with Gasteiger partial charge in [0.05, 0.1) is 6.10 Å². The Hall–Kier alpha value is -2.19. The number of carbonyl (C=O) groups excluding carboxylic acids is 1. The Kier molecular flexibility index (Phi) is 5.96. The van der Waals surface area contributed by atoms with Crippen molar-refractivity contribution in [2.75, 3.05) is 0 Å². The zero-order chi connectivity index (χ0) is 23.3. The number of hydrogen-bond donors (Lipinski definition) is 1. The SMILES string of the molecule is CCC(C)(C)C1=CC(C2CC(C(C)(C)CC)C(O)c3ccccc32)c2ccccc2C1=O. The standard InChI is InChI=1S/C30H38O2/c1-7-29(3,4)25-17-23(19-13-9-11-15-21(19)27(25)31)24-18-26(30(5,6)8-2)28(32)22-16-12-10-14-20(22)24/h9-17,23-24,26,28,32H,7-8,18H2,1-6H3. The summed E-state index contributed by atoms with van der Waals surface area (Å²) in [7, 11) is 0. The van der Waals surface area contributed by atoms with Gasteiger partial charge in [0.15, 0.2) is 5.78 Å². The summed E-state index contributed by atoms with van der Waals surface area (Å²) in [6.07, 6.45) is 4.69. The van der Waals surface area contributed by atoms with Crippen LogP contribution < -0.4 is 0 Å². The maximum Gasteiger partial charge on any atom is 0.189 e. The molecule has 2 aromatic carbocycles. The summed E-state index contributed by atoms with van der Waals surface area (Å²) in [6, 6.07) is 16.6. The number of Topliss-reactive ketones (excluding diaryl/α,β-unsaturated/α-hetero) is 1. The second-order valence-electron chi connectivity index (χ2n) is 11.1. The van der Waals surface area contributed by atoms with Crippen LogP contribution >= 0.6 is 0 Å². The molecule has 0 fully saturated rings. The summed E-state index contributed by atoms with van der Waals surface area (Å²) >= 11 is 0. The molecule has 0 saturated carbocycles. The summed E-state index contributed by atoms with van der Waals surface area (Å²) in [4.78, 5) is 13.5. The van der Waals surface area contributed by atoms with Gasteiger partial charge in [-0.1, -0.05) is 103 Å². The molecule has 4 unspecified atom stereocenters. The molecule has 0 aliphatic heterocycles. The Labute approximate surface area is 193 Å². The number of fused-ring (bicyclic) bond motifs is 2. The number of allylic oxidation sites excluding steroid dienone is 2. The second kappa shape index (κ2) is 8.30. The molecule has 0 aromatic heterocycles. The van der Waals surface area contributed by atoms with E-state index in [4.69, 9.17) is 0 Å². The maximum absolute atomic E-state index is 13.5. The van der Waals surface area contributed by atoms with Crippen LogP contribution in [0.1, 0.15) is 106 Å². The van der Waals surface area contributed by atoms with Crippen molar-refractivity contribution in [1.29, 1.82) is 0 Å². The number of rotatable bonds is 5. The van der Waals surface area contributed by atoms with Crippen molar-refractivity contribution in [2.45, 2.75) is 78.7 Å². The Morgan fingerprint density at radius 3 is 2.09 bits per heavy atom. The van der Waals surface area contributed by atoms with Gasteiger partial charge in [-0.2, -0.15) is 0 Å². The lowest BCUT2D eigenvalue weighted by molar-refractivity contribution is 0.00949. The highest BCUT2D eigenvalue weighted by Crippen LogP contribution is 2.55. The third-order valence-electron chi connectivity index (χ3n) is 8.72. The largest absolute Gasteiger partial charge is 0.388 e. The van der Waals surface area contributed by atoms with Gasteiger partial charge in [-0.3, -0.25) is 4.79 Å². The van der Waals surface area contributed by atoms with Crippen LogP contribution in [-0.4, -0.2) is 10.9 Å². The van der Waals surface area contributed by atoms with Crippen molar-refractivity contribution in [2.24, 2.45) is 16.7 Å². The minimum Gasteiger partial charge on any atom is -0.388 e. The monoisotopic (exact) mass is 430 g/mol. The van der Waals surface area contributed by atoms with Crippen LogP contribution in [0.15, 0.2) is 60.2 Å². The lowest BCUT2D eigenvalue weighted by Gasteiger charge is -2.46. The van der Waals surface area contributed by atoms with E-state index >= 15 is 0 Å². The van der Waals surface area contributed by atoms with Crippen LogP contribution in [0.5, 0.6) is 0 Å². The number of aliphatic hydroxyl groups excluding tert-OH is 1. The molecule has 0 radical (unpaired) electrons. The first-order chi connectivity index (χ1) is 15.1. The summed E-state index contributed by atoms with van der Waals surface area (Å²) in [5, 5.41) is 11.4. The van der Waals surface area contributed by atoms with E-state index in [0.717, 1.165) is 41.5 Å². The lowest BCUT2D eigenvalue weighted by Crippen LogP contribution is -2.37. The molecule has 4 rings (SSSR count). The summed E-state index contributed by atoms with van der Waals surface area (Å²) in [6.45, 7) is 13.3. The molecule has 32 heavy (non-hydrogen) atoms. The van der Waals surface area contributed by atoms with Gasteiger partial charge in [-0.15, -0.1) is 0 Å². The van der Waals surface area contributed by atoms with E-state index in [2.05, 4.69) is 78.0 Å². The van der Waals surface area contributed by atoms with E-state index in [1.165, 1.54) is 5.56 Å². The van der Waals surface area contributed by atoms with E-state index < -0.39 is 6.10 Å². The average Bonchev–Trinajstić information content (AvgIpc) is 2.80. The van der Waals surface area contributed by atoms with Gasteiger partial charge in [-0.25, -0.2) is 0 Å². The first kappa shape index (κ1) is 23.0. The highest BCUT2D eigenvalue weighted by Gasteiger charge is 2.45. The predicted molar refractivity (Wildman–Crippen MR) is 132 cm³/mol. The molecule has 2 nitrogen and oxygen atoms in total. The van der Waals surface area contributed by atoms with E-state index in [1.807, 2.05) is 18.2 Å². The van der Waals surface area contributed by atoms with Crippen molar-refractivity contribution in [1.82, 2.24) is 0 Å².